The summed E-state index contributed by atoms with van der Waals surface area (Å²) in [5.74, 6) is 0. The molecule has 0 aromatic carbocycles. The second-order valence-corrected chi connectivity index (χ2v) is 8.26. The normalized spacial score (nSPS) is 19.9. The third-order valence-corrected chi connectivity index (χ3v) is 6.77. The van der Waals surface area contributed by atoms with E-state index in [0.717, 1.165) is 22.7 Å². The Morgan fingerprint density at radius 2 is 2.30 bits per heavy atom. The molecule has 1 atom stereocenters. The molecule has 1 N–H and O–H groups in total. The molecule has 0 saturated carbocycles. The minimum atomic E-state index is -3.42. The van der Waals surface area contributed by atoms with E-state index in [0.29, 0.717) is 24.7 Å². The van der Waals surface area contributed by atoms with Crippen molar-refractivity contribution >= 4 is 21.4 Å². The average Bonchev–Trinajstić information content (AvgIpc) is 3.04. The van der Waals surface area contributed by atoms with Gasteiger partial charge in [0.15, 0.2) is 0 Å². The highest BCUT2D eigenvalue weighted by Gasteiger charge is 2.32. The lowest BCUT2D eigenvalue weighted by Crippen LogP contribution is -2.37. The lowest BCUT2D eigenvalue weighted by molar-refractivity contribution is 0.181. The molecule has 0 spiro atoms. The lowest BCUT2D eigenvalue weighted by atomic mass is 10.3. The topological polar surface area (TPSA) is 58.6 Å². The van der Waals surface area contributed by atoms with Crippen LogP contribution in [0.4, 0.5) is 0 Å². The maximum absolute atomic E-state index is 12.7. The van der Waals surface area contributed by atoms with Gasteiger partial charge in [0.1, 0.15) is 0 Å². The van der Waals surface area contributed by atoms with Gasteiger partial charge >= 0.3 is 0 Å². The van der Waals surface area contributed by atoms with Crippen LogP contribution in [0.25, 0.3) is 0 Å². The summed E-state index contributed by atoms with van der Waals surface area (Å²) in [6.45, 7) is 6.62. The second kappa shape index (κ2) is 6.53. The SMILES string of the molecule is CCNCc1cc(S(=O)(=O)N(C)C2CCOC2)c(C)s1. The Morgan fingerprint density at radius 1 is 1.55 bits per heavy atom. The fourth-order valence-corrected chi connectivity index (χ4v) is 5.22. The Labute approximate surface area is 125 Å². The molecule has 7 heteroatoms. The smallest absolute Gasteiger partial charge is 0.244 e. The van der Waals surface area contributed by atoms with Gasteiger partial charge in [-0.3, -0.25) is 0 Å². The van der Waals surface area contributed by atoms with E-state index in [4.69, 9.17) is 4.74 Å². The molecule has 1 aromatic heterocycles. The standard InChI is InChI=1S/C13H22N2O3S2/c1-4-14-8-12-7-13(10(2)19-12)20(16,17)15(3)11-5-6-18-9-11/h7,11,14H,4-6,8-9H2,1-3H3. The zero-order valence-electron chi connectivity index (χ0n) is 12.2. The van der Waals surface area contributed by atoms with E-state index in [2.05, 4.69) is 5.32 Å². The first-order chi connectivity index (χ1) is 9.46. The van der Waals surface area contributed by atoms with Crippen LogP contribution >= 0.6 is 11.3 Å². The molecular formula is C13H22N2O3S2. The number of ether oxygens (including phenoxy) is 1. The zero-order valence-corrected chi connectivity index (χ0v) is 13.8. The molecule has 114 valence electrons. The van der Waals surface area contributed by atoms with Gasteiger partial charge in [-0.2, -0.15) is 4.31 Å². The highest BCUT2D eigenvalue weighted by atomic mass is 32.2. The van der Waals surface area contributed by atoms with Gasteiger partial charge in [0.2, 0.25) is 10.0 Å². The van der Waals surface area contributed by atoms with Crippen molar-refractivity contribution < 1.29 is 13.2 Å². The third kappa shape index (κ3) is 3.23. The second-order valence-electron chi connectivity index (χ2n) is 4.95. The largest absolute Gasteiger partial charge is 0.380 e. The number of nitrogens with zero attached hydrogens (tertiary/aromatic N) is 1. The Balaban J connectivity index is 2.22. The number of hydrogen-bond acceptors (Lipinski definition) is 5. The quantitative estimate of drug-likeness (QED) is 0.865. The molecule has 0 radical (unpaired) electrons. The van der Waals surface area contributed by atoms with Gasteiger partial charge in [-0.15, -0.1) is 11.3 Å². The molecule has 1 aliphatic rings. The van der Waals surface area contributed by atoms with Gasteiger partial charge in [-0.25, -0.2) is 8.42 Å². The predicted octanol–water partition coefficient (Wildman–Crippen LogP) is 1.58. The summed E-state index contributed by atoms with van der Waals surface area (Å²) in [5, 5.41) is 3.22. The van der Waals surface area contributed by atoms with Gasteiger partial charge in [0.25, 0.3) is 0 Å². The molecule has 1 aliphatic heterocycles. The van der Waals surface area contributed by atoms with Crippen LogP contribution in [0.5, 0.6) is 0 Å². The van der Waals surface area contributed by atoms with E-state index in [1.165, 1.54) is 4.31 Å². The average molecular weight is 318 g/mol. The van der Waals surface area contributed by atoms with Crippen molar-refractivity contribution in [2.45, 2.75) is 37.8 Å². The fourth-order valence-electron chi connectivity index (χ4n) is 2.28. The van der Waals surface area contributed by atoms with E-state index in [1.807, 2.05) is 13.8 Å². The summed E-state index contributed by atoms with van der Waals surface area (Å²) in [6, 6.07) is 1.75. The monoisotopic (exact) mass is 318 g/mol. The van der Waals surface area contributed by atoms with E-state index < -0.39 is 10.0 Å². The number of sulfonamides is 1. The molecule has 1 unspecified atom stereocenters. The Bertz CT molecular complexity index is 548. The molecule has 0 aliphatic carbocycles. The van der Waals surface area contributed by atoms with Crippen LogP contribution in [0.3, 0.4) is 0 Å². The molecule has 1 aromatic rings. The van der Waals surface area contributed by atoms with Crippen molar-refractivity contribution in [3.8, 4) is 0 Å². The highest BCUT2D eigenvalue weighted by molar-refractivity contribution is 7.89. The van der Waals surface area contributed by atoms with Crippen molar-refractivity contribution in [1.29, 1.82) is 0 Å². The van der Waals surface area contributed by atoms with Crippen LogP contribution < -0.4 is 5.32 Å². The Hall–Kier alpha value is -0.470. The van der Waals surface area contributed by atoms with Crippen molar-refractivity contribution in [3.63, 3.8) is 0 Å². The number of thiophene rings is 1. The van der Waals surface area contributed by atoms with Crippen LogP contribution in [0.1, 0.15) is 23.1 Å². The molecule has 1 saturated heterocycles. The number of nitrogens with one attached hydrogen (secondary N) is 1. The summed E-state index contributed by atoms with van der Waals surface area (Å²) < 4.78 is 32.1. The molecule has 2 heterocycles. The molecule has 20 heavy (non-hydrogen) atoms. The van der Waals surface area contributed by atoms with E-state index in [-0.39, 0.29) is 6.04 Å². The summed E-state index contributed by atoms with van der Waals surface area (Å²) in [5.41, 5.74) is 0. The summed E-state index contributed by atoms with van der Waals surface area (Å²) in [4.78, 5) is 2.34. The molecule has 0 bridgehead atoms. The van der Waals surface area contributed by atoms with E-state index in [1.54, 1.807) is 24.5 Å². The maximum Gasteiger partial charge on any atom is 0.244 e. The van der Waals surface area contributed by atoms with Gasteiger partial charge in [-0.1, -0.05) is 6.92 Å². The maximum atomic E-state index is 12.7. The van der Waals surface area contributed by atoms with Crippen LogP contribution in [0.2, 0.25) is 0 Å². The lowest BCUT2D eigenvalue weighted by Gasteiger charge is -2.22. The first-order valence-electron chi connectivity index (χ1n) is 6.82. The molecule has 2 rings (SSSR count). The minimum Gasteiger partial charge on any atom is -0.380 e. The third-order valence-electron chi connectivity index (χ3n) is 3.55. The number of hydrogen-bond donors (Lipinski definition) is 1. The number of rotatable bonds is 6. The summed E-state index contributed by atoms with van der Waals surface area (Å²) in [6.07, 6.45) is 0.767. The zero-order chi connectivity index (χ0) is 14.8. The van der Waals surface area contributed by atoms with E-state index in [9.17, 15) is 8.42 Å². The van der Waals surface area contributed by atoms with Crippen molar-refractivity contribution in [2.75, 3.05) is 26.8 Å². The van der Waals surface area contributed by atoms with Gasteiger partial charge in [0.05, 0.1) is 17.5 Å². The van der Waals surface area contributed by atoms with Crippen molar-refractivity contribution in [2.24, 2.45) is 0 Å². The molecule has 1 fully saturated rings. The predicted molar refractivity (Wildman–Crippen MR) is 80.6 cm³/mol. The number of likely N-dealkylation sites (N-methyl/N-ethyl adjacent to an activating group) is 1. The van der Waals surface area contributed by atoms with Crippen molar-refractivity contribution in [1.82, 2.24) is 9.62 Å². The first kappa shape index (κ1) is 15.9. The fraction of sp³-hybridized carbons (Fsp3) is 0.692. The molecule has 0 amide bonds. The van der Waals surface area contributed by atoms with Crippen molar-refractivity contribution in [3.05, 3.63) is 15.8 Å². The van der Waals surface area contributed by atoms with Crippen LogP contribution in [-0.2, 0) is 21.3 Å². The summed E-state index contributed by atoms with van der Waals surface area (Å²) in [7, 11) is -1.77. The highest BCUT2D eigenvalue weighted by Crippen LogP contribution is 2.29. The minimum absolute atomic E-state index is 0.0449. The molecular weight excluding hydrogens is 296 g/mol. The Morgan fingerprint density at radius 3 is 2.90 bits per heavy atom. The van der Waals surface area contributed by atoms with Crippen LogP contribution in [-0.4, -0.2) is 45.6 Å². The molecule has 5 nitrogen and oxygen atoms in total. The summed E-state index contributed by atoms with van der Waals surface area (Å²) >= 11 is 1.54. The van der Waals surface area contributed by atoms with Crippen LogP contribution in [0, 0.1) is 6.92 Å². The Kier molecular flexibility index (Phi) is 5.19. The van der Waals surface area contributed by atoms with Gasteiger partial charge in [0, 0.05) is 30.0 Å². The first-order valence-corrected chi connectivity index (χ1v) is 9.08. The van der Waals surface area contributed by atoms with Crippen LogP contribution in [0.15, 0.2) is 11.0 Å². The van der Waals surface area contributed by atoms with Gasteiger partial charge in [-0.05, 0) is 26.0 Å². The van der Waals surface area contributed by atoms with E-state index >= 15 is 0 Å². The number of aryl methyl sites for hydroxylation is 1. The van der Waals surface area contributed by atoms with Gasteiger partial charge < -0.3 is 10.1 Å².